The molecule has 1 aromatic heterocycles. The van der Waals surface area contributed by atoms with Gasteiger partial charge < -0.3 is 14.7 Å². The van der Waals surface area contributed by atoms with Crippen molar-refractivity contribution in [2.75, 3.05) is 20.2 Å². The lowest BCUT2D eigenvalue weighted by atomic mass is 10.0. The summed E-state index contributed by atoms with van der Waals surface area (Å²) in [4.78, 5) is 14.4. The van der Waals surface area contributed by atoms with Gasteiger partial charge in [0.05, 0.1) is 24.5 Å². The highest BCUT2D eigenvalue weighted by Gasteiger charge is 2.35. The van der Waals surface area contributed by atoms with Crippen LogP contribution >= 0.6 is 0 Å². The minimum atomic E-state index is -0.536. The molecule has 1 aliphatic heterocycles. The Hall–Kier alpha value is -2.34. The van der Waals surface area contributed by atoms with Gasteiger partial charge in [-0.15, -0.1) is 0 Å². The van der Waals surface area contributed by atoms with Crippen molar-refractivity contribution in [1.82, 2.24) is 15.1 Å². The number of nitrogens with one attached hydrogen (secondary N) is 1. The molecule has 0 radical (unpaired) electrons. The van der Waals surface area contributed by atoms with Gasteiger partial charge >= 0.3 is 0 Å². The number of H-pyrrole nitrogens is 1. The predicted molar refractivity (Wildman–Crippen MR) is 85.4 cm³/mol. The number of likely N-dealkylation sites (tertiary alicyclic amines) is 1. The average Bonchev–Trinajstić information content (AvgIpc) is 3.13. The molecule has 122 valence electrons. The molecule has 1 aliphatic rings. The number of rotatable bonds is 4. The molecule has 0 bridgehead atoms. The molecular weight excluding hydrogens is 294 g/mol. The van der Waals surface area contributed by atoms with Crippen LogP contribution in [0.3, 0.4) is 0 Å². The van der Waals surface area contributed by atoms with Crippen LogP contribution in [-0.4, -0.2) is 52.4 Å². The number of aromatic amines is 1. The molecule has 1 amide bonds. The molecule has 0 saturated carbocycles. The molecule has 0 unspecified atom stereocenters. The maximum absolute atomic E-state index is 12.7. The molecular formula is C17H21N3O3. The van der Waals surface area contributed by atoms with Crippen LogP contribution in [0.1, 0.15) is 21.7 Å². The number of aliphatic hydroxyl groups excluding tert-OH is 1. The number of methoxy groups -OCH3 is 1. The third kappa shape index (κ3) is 3.22. The van der Waals surface area contributed by atoms with E-state index >= 15 is 0 Å². The van der Waals surface area contributed by atoms with Gasteiger partial charge in [-0.25, -0.2) is 0 Å². The normalized spacial score (nSPS) is 20.7. The summed E-state index contributed by atoms with van der Waals surface area (Å²) in [5.74, 6) is 0.442. The maximum Gasteiger partial charge on any atom is 0.257 e. The summed E-state index contributed by atoms with van der Waals surface area (Å²) in [6.45, 7) is 2.80. The minimum Gasteiger partial charge on any atom is -0.496 e. The van der Waals surface area contributed by atoms with Crippen LogP contribution < -0.4 is 4.74 Å². The third-order valence-corrected chi connectivity index (χ3v) is 4.26. The van der Waals surface area contributed by atoms with Crippen LogP contribution in [0.15, 0.2) is 30.3 Å². The van der Waals surface area contributed by atoms with Crippen LogP contribution in [0.5, 0.6) is 5.75 Å². The Morgan fingerprint density at radius 1 is 1.43 bits per heavy atom. The number of carbonyl (C=O) groups excluding carboxylic acids is 1. The quantitative estimate of drug-likeness (QED) is 0.894. The Bertz CT molecular complexity index is 698. The summed E-state index contributed by atoms with van der Waals surface area (Å²) in [6.07, 6.45) is 0.118. The number of hydrogen-bond donors (Lipinski definition) is 2. The molecule has 2 aromatic rings. The Labute approximate surface area is 135 Å². The molecule has 2 N–H and O–H groups in total. The van der Waals surface area contributed by atoms with Gasteiger partial charge in [0.1, 0.15) is 5.75 Å². The van der Waals surface area contributed by atoms with E-state index in [0.717, 1.165) is 11.4 Å². The second kappa shape index (κ2) is 6.42. The van der Waals surface area contributed by atoms with Gasteiger partial charge in [0.2, 0.25) is 0 Å². The zero-order chi connectivity index (χ0) is 16.4. The van der Waals surface area contributed by atoms with Crippen molar-refractivity contribution in [2.24, 2.45) is 5.92 Å². The number of β-amino-alcohol motifs (C(OH)–C–C–N with tert-alkyl or cyclic N) is 1. The third-order valence-electron chi connectivity index (χ3n) is 4.26. The molecule has 1 fully saturated rings. The van der Waals surface area contributed by atoms with Gasteiger partial charge in [-0.3, -0.25) is 9.89 Å². The summed E-state index contributed by atoms with van der Waals surface area (Å²) in [5.41, 5.74) is 2.44. The number of benzene rings is 1. The molecule has 2 atom stereocenters. The molecule has 1 saturated heterocycles. The summed E-state index contributed by atoms with van der Waals surface area (Å²) in [6, 6.07) is 9.13. The van der Waals surface area contributed by atoms with Crippen LogP contribution in [0.2, 0.25) is 0 Å². The van der Waals surface area contributed by atoms with Gasteiger partial charge in [0.25, 0.3) is 5.91 Å². The van der Waals surface area contributed by atoms with Crippen LogP contribution in [0.25, 0.3) is 0 Å². The molecule has 6 heteroatoms. The van der Waals surface area contributed by atoms with Crippen LogP contribution in [-0.2, 0) is 6.42 Å². The topological polar surface area (TPSA) is 78.5 Å². The summed E-state index contributed by atoms with van der Waals surface area (Å²) in [5, 5.41) is 17.4. The first-order chi connectivity index (χ1) is 11.1. The second-order valence-electron chi connectivity index (χ2n) is 5.98. The van der Waals surface area contributed by atoms with E-state index < -0.39 is 6.10 Å². The van der Waals surface area contributed by atoms with Gasteiger partial charge in [0, 0.05) is 24.7 Å². The van der Waals surface area contributed by atoms with E-state index in [1.807, 2.05) is 25.1 Å². The number of aliphatic hydroxyl groups is 1. The van der Waals surface area contributed by atoms with E-state index in [0.29, 0.717) is 30.8 Å². The lowest BCUT2D eigenvalue weighted by Gasteiger charge is -2.17. The summed E-state index contributed by atoms with van der Waals surface area (Å²) >= 11 is 0. The predicted octanol–water partition coefficient (Wildman–Crippen LogP) is 1.40. The van der Waals surface area contributed by atoms with E-state index in [9.17, 15) is 9.90 Å². The van der Waals surface area contributed by atoms with Crippen molar-refractivity contribution in [1.29, 1.82) is 0 Å². The fraction of sp³-hybridized carbons (Fsp3) is 0.412. The first-order valence-corrected chi connectivity index (χ1v) is 7.69. The Kier molecular flexibility index (Phi) is 4.34. The van der Waals surface area contributed by atoms with Gasteiger partial charge in [-0.05, 0) is 31.5 Å². The minimum absolute atomic E-state index is 0.00337. The lowest BCUT2D eigenvalue weighted by Crippen LogP contribution is -2.29. The standard InChI is InChI=1S/C17H21N3O3/c1-11-7-13(19-18-11)8-12-9-20(10-15(12)21)17(22)14-5-3-4-6-16(14)23-2/h3-7,12,15,21H,8-10H2,1-2H3,(H,18,19)/t12-,15-/m1/s1. The second-order valence-corrected chi connectivity index (χ2v) is 5.98. The highest BCUT2D eigenvalue weighted by Crippen LogP contribution is 2.25. The molecule has 1 aromatic carbocycles. The van der Waals surface area contributed by atoms with Crippen molar-refractivity contribution in [3.8, 4) is 5.75 Å². The molecule has 3 rings (SSSR count). The number of aryl methyl sites for hydroxylation is 1. The fourth-order valence-electron chi connectivity index (χ4n) is 3.06. The number of ether oxygens (including phenoxy) is 1. The van der Waals surface area contributed by atoms with Crippen molar-refractivity contribution >= 4 is 5.91 Å². The SMILES string of the molecule is COc1ccccc1C(=O)N1C[C@@H](Cc2cc(C)[nH]n2)[C@H](O)C1. The van der Waals surface area contributed by atoms with E-state index in [1.54, 1.807) is 24.1 Å². The van der Waals surface area contributed by atoms with Crippen molar-refractivity contribution in [2.45, 2.75) is 19.4 Å². The summed E-state index contributed by atoms with van der Waals surface area (Å²) in [7, 11) is 1.55. The fourth-order valence-corrected chi connectivity index (χ4v) is 3.06. The van der Waals surface area contributed by atoms with Gasteiger partial charge in [-0.2, -0.15) is 5.10 Å². The summed E-state index contributed by atoms with van der Waals surface area (Å²) < 4.78 is 5.25. The first kappa shape index (κ1) is 15.6. The smallest absolute Gasteiger partial charge is 0.257 e. The Morgan fingerprint density at radius 2 is 2.22 bits per heavy atom. The molecule has 0 spiro atoms. The average molecular weight is 315 g/mol. The van der Waals surface area contributed by atoms with Crippen molar-refractivity contribution in [3.63, 3.8) is 0 Å². The molecule has 23 heavy (non-hydrogen) atoms. The largest absolute Gasteiger partial charge is 0.496 e. The number of nitrogens with zero attached hydrogens (tertiary/aromatic N) is 2. The molecule has 6 nitrogen and oxygen atoms in total. The zero-order valence-electron chi connectivity index (χ0n) is 13.3. The van der Waals surface area contributed by atoms with Gasteiger partial charge in [-0.1, -0.05) is 12.1 Å². The first-order valence-electron chi connectivity index (χ1n) is 7.69. The number of aromatic nitrogens is 2. The van der Waals surface area contributed by atoms with Crippen LogP contribution in [0.4, 0.5) is 0 Å². The molecule has 2 heterocycles. The highest BCUT2D eigenvalue weighted by atomic mass is 16.5. The van der Waals surface area contributed by atoms with E-state index in [-0.39, 0.29) is 11.8 Å². The number of hydrogen-bond acceptors (Lipinski definition) is 4. The van der Waals surface area contributed by atoms with E-state index in [4.69, 9.17) is 4.74 Å². The van der Waals surface area contributed by atoms with E-state index in [2.05, 4.69) is 10.2 Å². The number of amides is 1. The lowest BCUT2D eigenvalue weighted by molar-refractivity contribution is 0.0761. The zero-order valence-corrected chi connectivity index (χ0v) is 13.3. The van der Waals surface area contributed by atoms with Crippen molar-refractivity contribution in [3.05, 3.63) is 47.3 Å². The monoisotopic (exact) mass is 315 g/mol. The van der Waals surface area contributed by atoms with E-state index in [1.165, 1.54) is 0 Å². The number of para-hydroxylation sites is 1. The highest BCUT2D eigenvalue weighted by molar-refractivity contribution is 5.97. The number of carbonyl (C=O) groups is 1. The maximum atomic E-state index is 12.7. The van der Waals surface area contributed by atoms with Gasteiger partial charge in [0.15, 0.2) is 0 Å². The Morgan fingerprint density at radius 3 is 2.91 bits per heavy atom. The van der Waals surface area contributed by atoms with Crippen molar-refractivity contribution < 1.29 is 14.6 Å². The molecule has 0 aliphatic carbocycles. The van der Waals surface area contributed by atoms with Crippen LogP contribution in [0, 0.1) is 12.8 Å². The Balaban J connectivity index is 1.71.